The molecule has 4 nitrogen and oxygen atoms in total. The molecule has 1 aromatic heterocycles. The normalized spacial score (nSPS) is 13.1. The Morgan fingerprint density at radius 1 is 1.64 bits per heavy atom. The van der Waals surface area contributed by atoms with Crippen molar-refractivity contribution in [3.8, 4) is 0 Å². The highest BCUT2D eigenvalue weighted by atomic mass is 16.3. The number of nitrogens with one attached hydrogen (secondary N) is 2. The largest absolute Gasteiger partial charge is 0.396 e. The van der Waals surface area contributed by atoms with Gasteiger partial charge in [0.1, 0.15) is 5.82 Å². The Bertz CT molecular complexity index is 260. The lowest BCUT2D eigenvalue weighted by atomic mass is 10.1. The number of H-pyrrole nitrogens is 1. The first-order chi connectivity index (χ1) is 6.72. The topological polar surface area (TPSA) is 60.9 Å². The molecular formula is C10H19N3O. The Morgan fingerprint density at radius 2 is 2.43 bits per heavy atom. The molecule has 14 heavy (non-hydrogen) atoms. The SMILES string of the molecule is Cc1ncc(CNCC(C)CCO)[nH]1. The van der Waals surface area contributed by atoms with Crippen molar-refractivity contribution in [2.24, 2.45) is 5.92 Å². The number of aliphatic hydroxyl groups is 1. The summed E-state index contributed by atoms with van der Waals surface area (Å²) in [6, 6.07) is 0. The maximum atomic E-state index is 8.71. The third-order valence-electron chi connectivity index (χ3n) is 2.19. The number of hydrogen-bond donors (Lipinski definition) is 3. The molecule has 0 aliphatic carbocycles. The van der Waals surface area contributed by atoms with Gasteiger partial charge in [0.2, 0.25) is 0 Å². The van der Waals surface area contributed by atoms with Crippen LogP contribution in [0, 0.1) is 12.8 Å². The van der Waals surface area contributed by atoms with Gasteiger partial charge in [-0.05, 0) is 25.8 Å². The van der Waals surface area contributed by atoms with E-state index in [4.69, 9.17) is 5.11 Å². The molecule has 80 valence electrons. The van der Waals surface area contributed by atoms with Crippen LogP contribution in [0.5, 0.6) is 0 Å². The lowest BCUT2D eigenvalue weighted by Crippen LogP contribution is -2.21. The molecule has 0 aromatic carbocycles. The number of aryl methyl sites for hydroxylation is 1. The van der Waals surface area contributed by atoms with E-state index in [1.807, 2.05) is 13.1 Å². The number of nitrogens with zero attached hydrogens (tertiary/aromatic N) is 1. The van der Waals surface area contributed by atoms with Crippen LogP contribution >= 0.6 is 0 Å². The van der Waals surface area contributed by atoms with Crippen molar-refractivity contribution in [3.63, 3.8) is 0 Å². The number of hydrogen-bond acceptors (Lipinski definition) is 3. The van der Waals surface area contributed by atoms with Crippen LogP contribution in [0.25, 0.3) is 0 Å². The fourth-order valence-corrected chi connectivity index (χ4v) is 1.34. The summed E-state index contributed by atoms with van der Waals surface area (Å²) in [5.41, 5.74) is 1.11. The van der Waals surface area contributed by atoms with Crippen molar-refractivity contribution in [2.75, 3.05) is 13.2 Å². The minimum atomic E-state index is 0.270. The van der Waals surface area contributed by atoms with E-state index in [9.17, 15) is 0 Å². The molecule has 1 unspecified atom stereocenters. The summed E-state index contributed by atoms with van der Waals surface area (Å²) in [7, 11) is 0. The second kappa shape index (κ2) is 5.78. The molecule has 0 aliphatic rings. The zero-order chi connectivity index (χ0) is 10.4. The molecule has 1 rings (SSSR count). The van der Waals surface area contributed by atoms with Crippen LogP contribution in [-0.2, 0) is 6.54 Å². The Balaban J connectivity index is 2.15. The fourth-order valence-electron chi connectivity index (χ4n) is 1.34. The molecule has 1 atom stereocenters. The highest BCUT2D eigenvalue weighted by molar-refractivity contribution is 4.99. The van der Waals surface area contributed by atoms with Crippen molar-refractivity contribution in [3.05, 3.63) is 17.7 Å². The molecule has 0 spiro atoms. The second-order valence-corrected chi connectivity index (χ2v) is 3.74. The van der Waals surface area contributed by atoms with Gasteiger partial charge in [0.25, 0.3) is 0 Å². The summed E-state index contributed by atoms with van der Waals surface area (Å²) >= 11 is 0. The van der Waals surface area contributed by atoms with E-state index in [1.54, 1.807) is 0 Å². The van der Waals surface area contributed by atoms with E-state index < -0.39 is 0 Å². The van der Waals surface area contributed by atoms with Gasteiger partial charge >= 0.3 is 0 Å². The Hall–Kier alpha value is -0.870. The van der Waals surface area contributed by atoms with Gasteiger partial charge in [0.05, 0.1) is 0 Å². The summed E-state index contributed by atoms with van der Waals surface area (Å²) in [4.78, 5) is 7.27. The van der Waals surface area contributed by atoms with Gasteiger partial charge in [-0.3, -0.25) is 0 Å². The number of aliphatic hydroxyl groups excluding tert-OH is 1. The maximum Gasteiger partial charge on any atom is 0.103 e. The van der Waals surface area contributed by atoms with Crippen LogP contribution in [0.4, 0.5) is 0 Å². The van der Waals surface area contributed by atoms with Crippen molar-refractivity contribution in [1.29, 1.82) is 0 Å². The van der Waals surface area contributed by atoms with Crippen LogP contribution < -0.4 is 5.32 Å². The molecule has 0 radical (unpaired) electrons. The van der Waals surface area contributed by atoms with Gasteiger partial charge in [0.15, 0.2) is 0 Å². The maximum absolute atomic E-state index is 8.71. The number of imidazole rings is 1. The Kier molecular flexibility index (Phi) is 4.62. The highest BCUT2D eigenvalue weighted by Crippen LogP contribution is 1.99. The average Bonchev–Trinajstić information content (AvgIpc) is 2.52. The highest BCUT2D eigenvalue weighted by Gasteiger charge is 2.01. The van der Waals surface area contributed by atoms with Gasteiger partial charge in [0, 0.05) is 25.0 Å². The zero-order valence-corrected chi connectivity index (χ0v) is 8.88. The molecule has 1 heterocycles. The molecule has 1 aromatic rings. The molecular weight excluding hydrogens is 178 g/mol. The lowest BCUT2D eigenvalue weighted by Gasteiger charge is -2.09. The molecule has 0 bridgehead atoms. The van der Waals surface area contributed by atoms with Gasteiger partial charge in [-0.1, -0.05) is 6.92 Å². The number of aromatic nitrogens is 2. The second-order valence-electron chi connectivity index (χ2n) is 3.74. The third-order valence-corrected chi connectivity index (χ3v) is 2.19. The Morgan fingerprint density at radius 3 is 3.00 bits per heavy atom. The minimum Gasteiger partial charge on any atom is -0.396 e. The average molecular weight is 197 g/mol. The van der Waals surface area contributed by atoms with Crippen LogP contribution in [0.15, 0.2) is 6.20 Å². The van der Waals surface area contributed by atoms with Crippen molar-refractivity contribution >= 4 is 0 Å². The first-order valence-corrected chi connectivity index (χ1v) is 5.04. The molecule has 0 saturated carbocycles. The van der Waals surface area contributed by atoms with Crippen LogP contribution in [0.3, 0.4) is 0 Å². The first-order valence-electron chi connectivity index (χ1n) is 5.04. The smallest absolute Gasteiger partial charge is 0.103 e. The van der Waals surface area contributed by atoms with Crippen LogP contribution in [0.2, 0.25) is 0 Å². The molecule has 3 N–H and O–H groups in total. The zero-order valence-electron chi connectivity index (χ0n) is 8.88. The monoisotopic (exact) mass is 197 g/mol. The predicted octanol–water partition coefficient (Wildman–Crippen LogP) is 0.826. The van der Waals surface area contributed by atoms with Gasteiger partial charge in [-0.2, -0.15) is 0 Å². The molecule has 0 saturated heterocycles. The number of rotatable bonds is 6. The lowest BCUT2D eigenvalue weighted by molar-refractivity contribution is 0.260. The molecule has 0 fully saturated rings. The van der Waals surface area contributed by atoms with Crippen LogP contribution in [-0.4, -0.2) is 28.2 Å². The predicted molar refractivity (Wildman–Crippen MR) is 55.9 cm³/mol. The quantitative estimate of drug-likeness (QED) is 0.633. The molecule has 4 heteroatoms. The summed E-state index contributed by atoms with van der Waals surface area (Å²) < 4.78 is 0. The summed E-state index contributed by atoms with van der Waals surface area (Å²) in [6.45, 7) is 6.08. The summed E-state index contributed by atoms with van der Waals surface area (Å²) in [6.07, 6.45) is 2.70. The van der Waals surface area contributed by atoms with Crippen molar-refractivity contribution < 1.29 is 5.11 Å². The van der Waals surface area contributed by atoms with E-state index in [2.05, 4.69) is 22.2 Å². The molecule has 0 amide bonds. The summed E-state index contributed by atoms with van der Waals surface area (Å²) in [5.74, 6) is 1.47. The fraction of sp³-hybridized carbons (Fsp3) is 0.700. The number of aromatic amines is 1. The minimum absolute atomic E-state index is 0.270. The van der Waals surface area contributed by atoms with Crippen LogP contribution in [0.1, 0.15) is 24.9 Å². The third kappa shape index (κ3) is 3.89. The van der Waals surface area contributed by atoms with E-state index in [0.717, 1.165) is 31.0 Å². The van der Waals surface area contributed by atoms with Crippen molar-refractivity contribution in [2.45, 2.75) is 26.8 Å². The first kappa shape index (κ1) is 11.2. The van der Waals surface area contributed by atoms with E-state index >= 15 is 0 Å². The summed E-state index contributed by atoms with van der Waals surface area (Å²) in [5, 5.41) is 12.0. The Labute approximate surface area is 84.8 Å². The molecule has 0 aliphatic heterocycles. The van der Waals surface area contributed by atoms with Crippen molar-refractivity contribution in [1.82, 2.24) is 15.3 Å². The van der Waals surface area contributed by atoms with E-state index in [1.165, 1.54) is 0 Å². The van der Waals surface area contributed by atoms with Gasteiger partial charge in [-0.15, -0.1) is 0 Å². The van der Waals surface area contributed by atoms with Gasteiger partial charge < -0.3 is 15.4 Å². The van der Waals surface area contributed by atoms with E-state index in [0.29, 0.717) is 5.92 Å². The van der Waals surface area contributed by atoms with E-state index in [-0.39, 0.29) is 6.61 Å². The standard InChI is InChI=1S/C10H19N3O/c1-8(3-4-14)5-11-6-10-7-12-9(2)13-10/h7-8,11,14H,3-6H2,1-2H3,(H,12,13). The van der Waals surface area contributed by atoms with Gasteiger partial charge in [-0.25, -0.2) is 4.98 Å².